The second kappa shape index (κ2) is 4.18. The van der Waals surface area contributed by atoms with Gasteiger partial charge in [-0.3, -0.25) is 0 Å². The summed E-state index contributed by atoms with van der Waals surface area (Å²) in [6, 6.07) is 9.52. The van der Waals surface area contributed by atoms with Crippen molar-refractivity contribution in [1.82, 2.24) is 4.98 Å². The minimum Gasteiger partial charge on any atom is -0.395 e. The average molecular weight is 217 g/mol. The molecule has 0 atom stereocenters. The number of hydrogen-bond donors (Lipinski definition) is 2. The summed E-state index contributed by atoms with van der Waals surface area (Å²) in [5.41, 5.74) is 12.9. The fourth-order valence-corrected chi connectivity index (χ4v) is 1.54. The van der Waals surface area contributed by atoms with E-state index in [9.17, 15) is 4.39 Å². The van der Waals surface area contributed by atoms with Gasteiger partial charge in [-0.2, -0.15) is 0 Å². The molecule has 82 valence electrons. The van der Waals surface area contributed by atoms with Crippen LogP contribution in [0.25, 0.3) is 0 Å². The van der Waals surface area contributed by atoms with E-state index in [0.717, 1.165) is 11.8 Å². The van der Waals surface area contributed by atoms with Crippen molar-refractivity contribution >= 4 is 11.5 Å². The lowest BCUT2D eigenvalue weighted by Gasteiger charge is -2.08. The maximum Gasteiger partial charge on any atom is 0.147 e. The number of nitrogens with two attached hydrogens (primary N) is 2. The number of hydrogen-bond acceptors (Lipinski definition) is 3. The van der Waals surface area contributed by atoms with E-state index in [1.54, 1.807) is 0 Å². The van der Waals surface area contributed by atoms with Crippen LogP contribution in [0.5, 0.6) is 0 Å². The van der Waals surface area contributed by atoms with Crippen molar-refractivity contribution < 1.29 is 4.39 Å². The molecule has 0 aliphatic heterocycles. The van der Waals surface area contributed by atoms with Crippen LogP contribution in [0.15, 0.2) is 36.5 Å². The van der Waals surface area contributed by atoms with Gasteiger partial charge < -0.3 is 11.5 Å². The maximum atomic E-state index is 13.5. The van der Waals surface area contributed by atoms with E-state index in [2.05, 4.69) is 4.98 Å². The molecule has 0 fully saturated rings. The molecule has 0 radical (unpaired) electrons. The largest absolute Gasteiger partial charge is 0.395 e. The Morgan fingerprint density at radius 3 is 2.50 bits per heavy atom. The molecule has 1 heterocycles. The molecule has 0 bridgehead atoms. The molecule has 2 rings (SSSR count). The summed E-state index contributed by atoms with van der Waals surface area (Å²) in [6.45, 7) is 0. The molecule has 0 unspecified atom stereocenters. The number of halogens is 1. The molecule has 0 amide bonds. The Bertz CT molecular complexity index is 497. The van der Waals surface area contributed by atoms with Crippen LogP contribution in [0.1, 0.15) is 11.1 Å². The van der Waals surface area contributed by atoms with E-state index >= 15 is 0 Å². The van der Waals surface area contributed by atoms with Crippen LogP contribution < -0.4 is 11.5 Å². The summed E-state index contributed by atoms with van der Waals surface area (Å²) in [6.07, 6.45) is 1.52. The molecule has 0 aliphatic carbocycles. The third-order valence-corrected chi connectivity index (χ3v) is 2.43. The third-order valence-electron chi connectivity index (χ3n) is 2.43. The van der Waals surface area contributed by atoms with Gasteiger partial charge in [-0.15, -0.1) is 0 Å². The van der Waals surface area contributed by atoms with Gasteiger partial charge in [0.15, 0.2) is 0 Å². The lowest BCUT2D eigenvalue weighted by atomic mass is 10.0. The quantitative estimate of drug-likeness (QED) is 0.808. The van der Waals surface area contributed by atoms with Gasteiger partial charge in [0.1, 0.15) is 11.6 Å². The number of nitrogen functional groups attached to an aromatic ring is 2. The highest BCUT2D eigenvalue weighted by atomic mass is 19.1. The van der Waals surface area contributed by atoms with Gasteiger partial charge >= 0.3 is 0 Å². The van der Waals surface area contributed by atoms with E-state index in [-0.39, 0.29) is 11.5 Å². The fraction of sp³-hybridized carbons (Fsp3) is 0.0833. The highest BCUT2D eigenvalue weighted by molar-refractivity contribution is 5.63. The van der Waals surface area contributed by atoms with Crippen molar-refractivity contribution in [2.24, 2.45) is 0 Å². The van der Waals surface area contributed by atoms with Gasteiger partial charge in [0, 0.05) is 12.0 Å². The number of aromatic nitrogens is 1. The first kappa shape index (κ1) is 10.4. The number of benzene rings is 1. The van der Waals surface area contributed by atoms with Gasteiger partial charge in [0.25, 0.3) is 0 Å². The minimum absolute atomic E-state index is 0.173. The molecule has 4 heteroatoms. The average Bonchev–Trinajstić information content (AvgIpc) is 2.31. The van der Waals surface area contributed by atoms with E-state index < -0.39 is 5.82 Å². The zero-order valence-electron chi connectivity index (χ0n) is 8.65. The molecule has 1 aromatic carbocycles. The topological polar surface area (TPSA) is 64.9 Å². The van der Waals surface area contributed by atoms with Gasteiger partial charge in [0.05, 0.1) is 11.9 Å². The monoisotopic (exact) mass is 217 g/mol. The standard InChI is InChI=1S/C12H12FN3/c13-10-7-16-12(15)11(14)9(10)6-8-4-2-1-3-5-8/h1-5,7H,6,14H2,(H2,15,16). The molecule has 16 heavy (non-hydrogen) atoms. The third kappa shape index (κ3) is 1.95. The first-order valence-corrected chi connectivity index (χ1v) is 4.90. The SMILES string of the molecule is Nc1ncc(F)c(Cc2ccccc2)c1N. The second-order valence-corrected chi connectivity index (χ2v) is 3.55. The van der Waals surface area contributed by atoms with Crippen LogP contribution in [0.4, 0.5) is 15.9 Å². The predicted octanol–water partition coefficient (Wildman–Crippen LogP) is 1.98. The van der Waals surface area contributed by atoms with E-state index in [1.807, 2.05) is 30.3 Å². The number of rotatable bonds is 2. The zero-order chi connectivity index (χ0) is 11.5. The van der Waals surface area contributed by atoms with Crippen molar-refractivity contribution in [2.45, 2.75) is 6.42 Å². The molecule has 0 aliphatic rings. The van der Waals surface area contributed by atoms with Crippen LogP contribution >= 0.6 is 0 Å². The summed E-state index contributed by atoms with van der Waals surface area (Å²) in [4.78, 5) is 3.66. The molecule has 0 saturated heterocycles. The van der Waals surface area contributed by atoms with E-state index in [4.69, 9.17) is 11.5 Å². The van der Waals surface area contributed by atoms with Gasteiger partial charge in [-0.05, 0) is 5.56 Å². The van der Waals surface area contributed by atoms with Gasteiger partial charge in [-0.25, -0.2) is 9.37 Å². The summed E-state index contributed by atoms with van der Waals surface area (Å²) < 4.78 is 13.5. The molecule has 4 N–H and O–H groups in total. The van der Waals surface area contributed by atoms with Crippen LogP contribution in [0.2, 0.25) is 0 Å². The van der Waals surface area contributed by atoms with Crippen LogP contribution in [-0.2, 0) is 6.42 Å². The Morgan fingerprint density at radius 2 is 1.81 bits per heavy atom. The van der Waals surface area contributed by atoms with Gasteiger partial charge in [0.2, 0.25) is 0 Å². The molecule has 3 nitrogen and oxygen atoms in total. The smallest absolute Gasteiger partial charge is 0.147 e. The Kier molecular flexibility index (Phi) is 2.72. The molecule has 0 saturated carbocycles. The Hall–Kier alpha value is -2.10. The Balaban J connectivity index is 2.38. The minimum atomic E-state index is -0.421. The van der Waals surface area contributed by atoms with Crippen LogP contribution in [0.3, 0.4) is 0 Å². The summed E-state index contributed by atoms with van der Waals surface area (Å²) in [5.74, 6) is -0.247. The summed E-state index contributed by atoms with van der Waals surface area (Å²) >= 11 is 0. The van der Waals surface area contributed by atoms with Crippen molar-refractivity contribution in [3.8, 4) is 0 Å². The normalized spacial score (nSPS) is 10.3. The number of pyridine rings is 1. The second-order valence-electron chi connectivity index (χ2n) is 3.55. The van der Waals surface area contributed by atoms with Crippen molar-refractivity contribution in [3.63, 3.8) is 0 Å². The van der Waals surface area contributed by atoms with Crippen LogP contribution in [-0.4, -0.2) is 4.98 Å². The van der Waals surface area contributed by atoms with E-state index in [0.29, 0.717) is 12.0 Å². The summed E-state index contributed by atoms with van der Waals surface area (Å²) in [5, 5.41) is 0. The lowest BCUT2D eigenvalue weighted by Crippen LogP contribution is -2.05. The maximum absolute atomic E-state index is 13.5. The fourth-order valence-electron chi connectivity index (χ4n) is 1.54. The van der Waals surface area contributed by atoms with Crippen molar-refractivity contribution in [2.75, 3.05) is 11.5 Å². The first-order valence-electron chi connectivity index (χ1n) is 4.90. The first-order chi connectivity index (χ1) is 7.68. The predicted molar refractivity (Wildman–Crippen MR) is 62.3 cm³/mol. The molecule has 1 aromatic heterocycles. The Labute approximate surface area is 92.9 Å². The van der Waals surface area contributed by atoms with Crippen molar-refractivity contribution in [3.05, 3.63) is 53.5 Å². The summed E-state index contributed by atoms with van der Waals surface area (Å²) in [7, 11) is 0. The van der Waals surface area contributed by atoms with Gasteiger partial charge in [-0.1, -0.05) is 30.3 Å². The van der Waals surface area contributed by atoms with Crippen molar-refractivity contribution in [1.29, 1.82) is 0 Å². The lowest BCUT2D eigenvalue weighted by molar-refractivity contribution is 0.609. The molecule has 0 spiro atoms. The molecule has 2 aromatic rings. The zero-order valence-corrected chi connectivity index (χ0v) is 8.65. The Morgan fingerprint density at radius 1 is 1.12 bits per heavy atom. The molecular formula is C12H12FN3. The van der Waals surface area contributed by atoms with E-state index in [1.165, 1.54) is 0 Å². The highest BCUT2D eigenvalue weighted by Gasteiger charge is 2.10. The number of nitrogens with zero attached hydrogens (tertiary/aromatic N) is 1. The number of anilines is 2. The highest BCUT2D eigenvalue weighted by Crippen LogP contribution is 2.23. The van der Waals surface area contributed by atoms with Crippen LogP contribution in [0, 0.1) is 5.82 Å². The molecular weight excluding hydrogens is 205 g/mol.